The maximum Gasteiger partial charge on any atom is 0.240 e. The fourth-order valence-electron chi connectivity index (χ4n) is 2.70. The van der Waals surface area contributed by atoms with Gasteiger partial charge < -0.3 is 10.6 Å². The summed E-state index contributed by atoms with van der Waals surface area (Å²) in [5, 5.41) is 0. The van der Waals surface area contributed by atoms with Crippen molar-refractivity contribution in [2.75, 3.05) is 19.6 Å². The summed E-state index contributed by atoms with van der Waals surface area (Å²) in [6.07, 6.45) is 3.70. The lowest BCUT2D eigenvalue weighted by molar-refractivity contribution is 0.215. The molecule has 0 radical (unpaired) electrons. The number of rotatable bonds is 6. The Labute approximate surface area is 127 Å². The van der Waals surface area contributed by atoms with Crippen LogP contribution in [0.2, 0.25) is 0 Å². The van der Waals surface area contributed by atoms with Gasteiger partial charge in [-0.05, 0) is 50.6 Å². The number of piperidine rings is 1. The van der Waals surface area contributed by atoms with Crippen LogP contribution in [0.15, 0.2) is 29.2 Å². The number of likely N-dealkylation sites (tertiary alicyclic amines) is 1. The molecular weight excluding hydrogens is 286 g/mol. The van der Waals surface area contributed by atoms with Crippen LogP contribution in [0, 0.1) is 0 Å². The van der Waals surface area contributed by atoms with Gasteiger partial charge in [0.1, 0.15) is 0 Å². The third-order valence-corrected chi connectivity index (χ3v) is 5.41. The quantitative estimate of drug-likeness (QED) is 0.830. The fraction of sp³-hybridized carbons (Fsp3) is 0.600. The number of nitrogens with two attached hydrogens (primary N) is 1. The Bertz CT molecular complexity index is 537. The van der Waals surface area contributed by atoms with Gasteiger partial charge in [-0.2, -0.15) is 0 Å². The van der Waals surface area contributed by atoms with Gasteiger partial charge in [-0.3, -0.25) is 0 Å². The van der Waals surface area contributed by atoms with Crippen LogP contribution in [0.3, 0.4) is 0 Å². The zero-order chi connectivity index (χ0) is 15.3. The highest BCUT2D eigenvalue weighted by Crippen LogP contribution is 2.12. The zero-order valence-corrected chi connectivity index (χ0v) is 13.4. The van der Waals surface area contributed by atoms with E-state index in [9.17, 15) is 8.42 Å². The molecule has 1 aromatic carbocycles. The largest absolute Gasteiger partial charge is 0.326 e. The Balaban J connectivity index is 1.95. The highest BCUT2D eigenvalue weighted by Gasteiger charge is 2.20. The molecule has 118 valence electrons. The molecule has 0 aromatic heterocycles. The Hall–Kier alpha value is -0.950. The molecule has 0 amide bonds. The molecule has 1 fully saturated rings. The van der Waals surface area contributed by atoms with Gasteiger partial charge in [0.05, 0.1) is 4.90 Å². The summed E-state index contributed by atoms with van der Waals surface area (Å²) in [5.74, 6) is 0. The van der Waals surface area contributed by atoms with Crippen molar-refractivity contribution in [1.82, 2.24) is 9.62 Å². The van der Waals surface area contributed by atoms with Gasteiger partial charge in [-0.25, -0.2) is 13.1 Å². The maximum atomic E-state index is 12.3. The topological polar surface area (TPSA) is 75.4 Å². The molecule has 1 aliphatic rings. The predicted molar refractivity (Wildman–Crippen MR) is 84.4 cm³/mol. The molecule has 1 unspecified atom stereocenters. The Morgan fingerprint density at radius 1 is 1.19 bits per heavy atom. The molecular formula is C15H25N3O2S. The van der Waals surface area contributed by atoms with Crippen LogP contribution >= 0.6 is 0 Å². The number of hydrogen-bond acceptors (Lipinski definition) is 4. The van der Waals surface area contributed by atoms with E-state index < -0.39 is 10.0 Å². The molecule has 2 rings (SSSR count). The molecule has 1 saturated heterocycles. The van der Waals surface area contributed by atoms with Gasteiger partial charge >= 0.3 is 0 Å². The van der Waals surface area contributed by atoms with E-state index in [0.717, 1.165) is 25.2 Å². The van der Waals surface area contributed by atoms with Gasteiger partial charge in [0.25, 0.3) is 0 Å². The minimum Gasteiger partial charge on any atom is -0.326 e. The van der Waals surface area contributed by atoms with Gasteiger partial charge in [0, 0.05) is 19.1 Å². The van der Waals surface area contributed by atoms with E-state index in [0.29, 0.717) is 11.4 Å². The summed E-state index contributed by atoms with van der Waals surface area (Å²) in [7, 11) is -3.45. The van der Waals surface area contributed by atoms with E-state index in [1.807, 2.05) is 6.92 Å². The van der Waals surface area contributed by atoms with Crippen LogP contribution < -0.4 is 10.5 Å². The van der Waals surface area contributed by atoms with Crippen LogP contribution in [0.5, 0.6) is 0 Å². The molecule has 6 heteroatoms. The lowest BCUT2D eigenvalue weighted by Gasteiger charge is -2.29. The van der Waals surface area contributed by atoms with Crippen molar-refractivity contribution >= 4 is 10.0 Å². The summed E-state index contributed by atoms with van der Waals surface area (Å²) in [5.41, 5.74) is 6.45. The van der Waals surface area contributed by atoms with Crippen molar-refractivity contribution < 1.29 is 8.42 Å². The van der Waals surface area contributed by atoms with Gasteiger partial charge in [0.2, 0.25) is 10.0 Å². The first-order valence-corrected chi connectivity index (χ1v) is 9.03. The Kier molecular flexibility index (Phi) is 5.75. The van der Waals surface area contributed by atoms with Crippen molar-refractivity contribution in [3.63, 3.8) is 0 Å². The summed E-state index contributed by atoms with van der Waals surface area (Å²) >= 11 is 0. The summed E-state index contributed by atoms with van der Waals surface area (Å²) in [4.78, 5) is 2.62. The highest BCUT2D eigenvalue weighted by molar-refractivity contribution is 7.89. The van der Waals surface area contributed by atoms with E-state index in [2.05, 4.69) is 9.62 Å². The molecule has 3 N–H and O–H groups in total. The van der Waals surface area contributed by atoms with Crippen molar-refractivity contribution in [3.8, 4) is 0 Å². The summed E-state index contributed by atoms with van der Waals surface area (Å²) < 4.78 is 27.4. The SMILES string of the molecule is CC(CN1CCCCC1)NS(=O)(=O)c1ccc(CN)cc1. The average molecular weight is 311 g/mol. The predicted octanol–water partition coefficient (Wildman–Crippen LogP) is 1.30. The average Bonchev–Trinajstić information content (AvgIpc) is 2.47. The van der Waals surface area contributed by atoms with Crippen molar-refractivity contribution in [3.05, 3.63) is 29.8 Å². The van der Waals surface area contributed by atoms with E-state index >= 15 is 0 Å². The van der Waals surface area contributed by atoms with Crippen LogP contribution in [-0.4, -0.2) is 39.0 Å². The molecule has 1 atom stereocenters. The van der Waals surface area contributed by atoms with E-state index in [1.165, 1.54) is 19.3 Å². The summed E-state index contributed by atoms with van der Waals surface area (Å²) in [6.45, 7) is 5.23. The van der Waals surface area contributed by atoms with E-state index in [4.69, 9.17) is 5.73 Å². The fourth-order valence-corrected chi connectivity index (χ4v) is 3.94. The molecule has 0 saturated carbocycles. The Morgan fingerprint density at radius 3 is 2.38 bits per heavy atom. The summed E-state index contributed by atoms with van der Waals surface area (Å²) in [6, 6.07) is 6.63. The van der Waals surface area contributed by atoms with Crippen molar-refractivity contribution in [2.24, 2.45) is 5.73 Å². The van der Waals surface area contributed by atoms with E-state index in [-0.39, 0.29) is 6.04 Å². The maximum absolute atomic E-state index is 12.3. The number of nitrogens with zero attached hydrogens (tertiary/aromatic N) is 1. The highest BCUT2D eigenvalue weighted by atomic mass is 32.2. The van der Waals surface area contributed by atoms with Crippen molar-refractivity contribution in [2.45, 2.75) is 43.7 Å². The lowest BCUT2D eigenvalue weighted by atomic mass is 10.1. The third kappa shape index (κ3) is 4.78. The van der Waals surface area contributed by atoms with Gasteiger partial charge in [-0.1, -0.05) is 18.6 Å². The van der Waals surface area contributed by atoms with Crippen molar-refractivity contribution in [1.29, 1.82) is 0 Å². The van der Waals surface area contributed by atoms with E-state index in [1.54, 1.807) is 24.3 Å². The minimum atomic E-state index is -3.45. The first-order valence-electron chi connectivity index (χ1n) is 7.55. The van der Waals surface area contributed by atoms with Gasteiger partial charge in [0.15, 0.2) is 0 Å². The number of sulfonamides is 1. The van der Waals surface area contributed by atoms with Crippen LogP contribution in [0.4, 0.5) is 0 Å². The zero-order valence-electron chi connectivity index (χ0n) is 12.6. The number of nitrogens with one attached hydrogen (secondary N) is 1. The molecule has 1 heterocycles. The number of hydrogen-bond donors (Lipinski definition) is 2. The lowest BCUT2D eigenvalue weighted by Crippen LogP contribution is -2.43. The second kappa shape index (κ2) is 7.35. The normalized spacial score (nSPS) is 18.6. The second-order valence-corrected chi connectivity index (χ2v) is 7.45. The van der Waals surface area contributed by atoms with Gasteiger partial charge in [-0.15, -0.1) is 0 Å². The third-order valence-electron chi connectivity index (χ3n) is 3.81. The molecule has 21 heavy (non-hydrogen) atoms. The second-order valence-electron chi connectivity index (χ2n) is 5.73. The molecule has 5 nitrogen and oxygen atoms in total. The number of benzene rings is 1. The molecule has 0 aliphatic carbocycles. The Morgan fingerprint density at radius 2 is 1.81 bits per heavy atom. The van der Waals surface area contributed by atoms with Crippen LogP contribution in [0.25, 0.3) is 0 Å². The molecule has 1 aliphatic heterocycles. The standard InChI is InChI=1S/C15H25N3O2S/c1-13(12-18-9-3-2-4-10-18)17-21(19,20)15-7-5-14(11-16)6-8-15/h5-8,13,17H,2-4,9-12,16H2,1H3. The van der Waals surface area contributed by atoms with Crippen LogP contribution in [-0.2, 0) is 16.6 Å². The smallest absolute Gasteiger partial charge is 0.240 e. The molecule has 0 bridgehead atoms. The molecule has 0 spiro atoms. The molecule has 1 aromatic rings. The van der Waals surface area contributed by atoms with Crippen LogP contribution in [0.1, 0.15) is 31.7 Å². The monoisotopic (exact) mass is 311 g/mol. The minimum absolute atomic E-state index is 0.0951. The first-order chi connectivity index (χ1) is 10.0. The first kappa shape index (κ1) is 16.4.